The molecule has 5 nitrogen and oxygen atoms in total. The number of rotatable bonds is 5. The second kappa shape index (κ2) is 8.31. The van der Waals surface area contributed by atoms with Crippen molar-refractivity contribution < 1.29 is 0 Å². The van der Waals surface area contributed by atoms with Gasteiger partial charge in [0.15, 0.2) is 5.11 Å². The van der Waals surface area contributed by atoms with Crippen molar-refractivity contribution in [1.82, 2.24) is 15.2 Å². The number of halogens is 2. The van der Waals surface area contributed by atoms with E-state index in [-0.39, 0.29) is 5.11 Å². The fourth-order valence-corrected chi connectivity index (χ4v) is 2.94. The van der Waals surface area contributed by atoms with Crippen molar-refractivity contribution in [1.29, 1.82) is 0 Å². The van der Waals surface area contributed by atoms with E-state index in [0.29, 0.717) is 16.6 Å². The first-order chi connectivity index (χ1) is 12.5. The molecule has 3 N–H and O–H groups in total. The van der Waals surface area contributed by atoms with E-state index in [1.165, 1.54) is 0 Å². The summed E-state index contributed by atoms with van der Waals surface area (Å²) < 4.78 is 1.81. The summed E-state index contributed by atoms with van der Waals surface area (Å²) in [6, 6.07) is 15.2. The molecule has 0 radical (unpaired) electrons. The zero-order chi connectivity index (χ0) is 18.5. The van der Waals surface area contributed by atoms with Crippen LogP contribution in [0.15, 0.2) is 59.8 Å². The molecule has 0 aliphatic rings. The number of nitrogens with zero attached hydrogens (tertiary/aromatic N) is 3. The van der Waals surface area contributed by atoms with Crippen LogP contribution in [0.1, 0.15) is 11.1 Å². The second-order valence-corrected chi connectivity index (χ2v) is 6.75. The van der Waals surface area contributed by atoms with Crippen LogP contribution in [0.2, 0.25) is 10.0 Å². The lowest BCUT2D eigenvalue weighted by Gasteiger charge is -2.05. The average molecular weight is 404 g/mol. The van der Waals surface area contributed by atoms with E-state index in [4.69, 9.17) is 41.2 Å². The Labute approximate surface area is 166 Å². The molecule has 0 aliphatic heterocycles. The normalized spacial score (nSPS) is 11.0. The summed E-state index contributed by atoms with van der Waals surface area (Å²) in [5.41, 5.74) is 11.5. The van der Waals surface area contributed by atoms with Gasteiger partial charge in [0.25, 0.3) is 0 Å². The first kappa shape index (κ1) is 18.4. The lowest BCUT2D eigenvalue weighted by molar-refractivity contribution is 0.689. The zero-order valence-electron chi connectivity index (χ0n) is 13.6. The van der Waals surface area contributed by atoms with Crippen molar-refractivity contribution in [2.24, 2.45) is 10.8 Å². The van der Waals surface area contributed by atoms with Gasteiger partial charge in [-0.25, -0.2) is 0 Å². The van der Waals surface area contributed by atoms with Gasteiger partial charge in [0.05, 0.1) is 12.8 Å². The highest BCUT2D eigenvalue weighted by molar-refractivity contribution is 7.80. The summed E-state index contributed by atoms with van der Waals surface area (Å²) >= 11 is 17.0. The third-order valence-electron chi connectivity index (χ3n) is 3.56. The van der Waals surface area contributed by atoms with Crippen LogP contribution in [0.3, 0.4) is 0 Å². The van der Waals surface area contributed by atoms with Gasteiger partial charge in [-0.15, -0.1) is 0 Å². The molecule has 0 bridgehead atoms. The minimum atomic E-state index is 0.0999. The standard InChI is InChI=1S/C18H15Cl2N5S/c19-15-7-6-13(16(20)8-15)10-25-11-14(9-22-23-18(21)26)17(24-25)12-4-2-1-3-5-12/h1-9,11H,10H2,(H3,21,23,26)/b22-9-. The van der Waals surface area contributed by atoms with Gasteiger partial charge in [-0.2, -0.15) is 10.2 Å². The van der Waals surface area contributed by atoms with Crippen LogP contribution in [0.5, 0.6) is 0 Å². The van der Waals surface area contributed by atoms with Gasteiger partial charge in [0.2, 0.25) is 0 Å². The molecule has 0 atom stereocenters. The van der Waals surface area contributed by atoms with E-state index in [0.717, 1.165) is 22.4 Å². The fraction of sp³-hybridized carbons (Fsp3) is 0.0556. The maximum absolute atomic E-state index is 6.27. The number of hydrogen-bond acceptors (Lipinski definition) is 3. The van der Waals surface area contributed by atoms with Crippen LogP contribution in [0.4, 0.5) is 0 Å². The first-order valence-electron chi connectivity index (χ1n) is 7.68. The predicted octanol–water partition coefficient (Wildman–Crippen LogP) is 4.07. The molecule has 0 unspecified atom stereocenters. The molecule has 0 saturated carbocycles. The van der Waals surface area contributed by atoms with E-state index in [9.17, 15) is 0 Å². The van der Waals surface area contributed by atoms with Gasteiger partial charge in [0, 0.05) is 27.4 Å². The molecule has 0 aliphatic carbocycles. The van der Waals surface area contributed by atoms with Crippen LogP contribution >= 0.6 is 35.4 Å². The lowest BCUT2D eigenvalue weighted by Crippen LogP contribution is -2.24. The van der Waals surface area contributed by atoms with Crippen molar-refractivity contribution in [3.63, 3.8) is 0 Å². The van der Waals surface area contributed by atoms with E-state index in [1.807, 2.05) is 42.6 Å². The molecule has 1 aromatic heterocycles. The molecule has 2 aromatic carbocycles. The molecule has 3 rings (SSSR count). The summed E-state index contributed by atoms with van der Waals surface area (Å²) in [5.74, 6) is 0. The molecule has 0 amide bonds. The third-order valence-corrected chi connectivity index (χ3v) is 4.24. The summed E-state index contributed by atoms with van der Waals surface area (Å²) in [6.45, 7) is 0.506. The Morgan fingerprint density at radius 3 is 2.69 bits per heavy atom. The Bertz CT molecular complexity index is 953. The van der Waals surface area contributed by atoms with Gasteiger partial charge < -0.3 is 5.73 Å². The molecule has 132 valence electrons. The van der Waals surface area contributed by atoms with Crippen LogP contribution in [0.25, 0.3) is 11.3 Å². The minimum absolute atomic E-state index is 0.0999. The lowest BCUT2D eigenvalue weighted by atomic mass is 10.1. The van der Waals surface area contributed by atoms with Gasteiger partial charge in [-0.05, 0) is 29.9 Å². The number of thiocarbonyl (C=S) groups is 1. The van der Waals surface area contributed by atoms with Crippen molar-refractivity contribution in [2.75, 3.05) is 0 Å². The Balaban J connectivity index is 1.95. The van der Waals surface area contributed by atoms with E-state index in [1.54, 1.807) is 23.0 Å². The number of hydrogen-bond donors (Lipinski definition) is 2. The molecular weight excluding hydrogens is 389 g/mol. The second-order valence-electron chi connectivity index (χ2n) is 5.47. The number of nitrogens with one attached hydrogen (secondary N) is 1. The van der Waals surface area contributed by atoms with Gasteiger partial charge in [0.1, 0.15) is 5.69 Å². The van der Waals surface area contributed by atoms with E-state index >= 15 is 0 Å². The Morgan fingerprint density at radius 1 is 1.23 bits per heavy atom. The summed E-state index contributed by atoms with van der Waals surface area (Å²) in [5, 5.41) is 10.0. The number of benzene rings is 2. The Morgan fingerprint density at radius 2 is 2.00 bits per heavy atom. The van der Waals surface area contributed by atoms with Gasteiger partial charge in [-0.3, -0.25) is 10.1 Å². The smallest absolute Gasteiger partial charge is 0.184 e. The molecular formula is C18H15Cl2N5S. The molecule has 0 spiro atoms. The monoisotopic (exact) mass is 403 g/mol. The third kappa shape index (κ3) is 4.60. The molecule has 3 aromatic rings. The molecule has 8 heteroatoms. The summed E-state index contributed by atoms with van der Waals surface area (Å²) in [7, 11) is 0. The topological polar surface area (TPSA) is 68.2 Å². The summed E-state index contributed by atoms with van der Waals surface area (Å²) in [4.78, 5) is 0. The Kier molecular flexibility index (Phi) is 5.88. The minimum Gasteiger partial charge on any atom is -0.375 e. The number of aromatic nitrogens is 2. The predicted molar refractivity (Wildman–Crippen MR) is 111 cm³/mol. The van der Waals surface area contributed by atoms with E-state index < -0.39 is 0 Å². The maximum atomic E-state index is 6.27. The van der Waals surface area contributed by atoms with Crippen molar-refractivity contribution in [3.8, 4) is 11.3 Å². The molecule has 0 saturated heterocycles. The first-order valence-corrected chi connectivity index (χ1v) is 8.84. The van der Waals surface area contributed by atoms with Crippen LogP contribution in [-0.2, 0) is 6.54 Å². The quantitative estimate of drug-likeness (QED) is 0.382. The maximum Gasteiger partial charge on any atom is 0.184 e. The van der Waals surface area contributed by atoms with Crippen LogP contribution < -0.4 is 11.2 Å². The largest absolute Gasteiger partial charge is 0.375 e. The Hall–Kier alpha value is -2.41. The van der Waals surface area contributed by atoms with Crippen LogP contribution in [-0.4, -0.2) is 21.1 Å². The van der Waals surface area contributed by atoms with Crippen molar-refractivity contribution in [3.05, 3.63) is 75.9 Å². The van der Waals surface area contributed by atoms with E-state index in [2.05, 4.69) is 15.6 Å². The SMILES string of the molecule is NC(=S)N/N=C\c1cn(Cc2ccc(Cl)cc2Cl)nc1-c1ccccc1. The highest BCUT2D eigenvalue weighted by Crippen LogP contribution is 2.24. The van der Waals surface area contributed by atoms with Crippen molar-refractivity contribution in [2.45, 2.75) is 6.54 Å². The van der Waals surface area contributed by atoms with Crippen molar-refractivity contribution >= 4 is 46.7 Å². The molecule has 0 fully saturated rings. The van der Waals surface area contributed by atoms with Gasteiger partial charge >= 0.3 is 0 Å². The molecule has 1 heterocycles. The average Bonchev–Trinajstić information content (AvgIpc) is 3.01. The number of hydrazone groups is 1. The zero-order valence-corrected chi connectivity index (χ0v) is 15.9. The fourth-order valence-electron chi connectivity index (χ4n) is 2.42. The highest BCUT2D eigenvalue weighted by Gasteiger charge is 2.11. The highest BCUT2D eigenvalue weighted by atomic mass is 35.5. The summed E-state index contributed by atoms with van der Waals surface area (Å²) in [6.07, 6.45) is 3.52. The van der Waals surface area contributed by atoms with Crippen LogP contribution in [0, 0.1) is 0 Å². The van der Waals surface area contributed by atoms with Gasteiger partial charge in [-0.1, -0.05) is 59.6 Å². The number of nitrogens with two attached hydrogens (primary N) is 1. The molecule has 26 heavy (non-hydrogen) atoms.